The third kappa shape index (κ3) is 7.86. The monoisotopic (exact) mass is 435 g/mol. The van der Waals surface area contributed by atoms with E-state index in [1.165, 1.54) is 0 Å². The quantitative estimate of drug-likeness (QED) is 0.482. The van der Waals surface area contributed by atoms with Gasteiger partial charge in [-0.15, -0.1) is 0 Å². The fourth-order valence-electron chi connectivity index (χ4n) is 0.0818. The van der Waals surface area contributed by atoms with Crippen LogP contribution in [0.2, 0.25) is 0 Å². The van der Waals surface area contributed by atoms with E-state index in [0.717, 1.165) is 0 Å². The van der Waals surface area contributed by atoms with Crippen LogP contribution < -0.4 is 0 Å². The van der Waals surface area contributed by atoms with Gasteiger partial charge < -0.3 is 0 Å². The molecule has 0 aliphatic rings. The molecular weight excluding hydrogens is 433 g/mol. The van der Waals surface area contributed by atoms with Crippen LogP contribution in [0.4, 0.5) is 0 Å². The molecule has 0 atom stereocenters. The van der Waals surface area contributed by atoms with Crippen LogP contribution in [-0.2, 0) is 4.79 Å². The molecule has 0 aliphatic heterocycles. The molecule has 1 radical (unpaired) electrons. The summed E-state index contributed by atoms with van der Waals surface area (Å²) in [5.41, 5.74) is 0. The van der Waals surface area contributed by atoms with E-state index in [1.807, 2.05) is 6.29 Å². The predicted molar refractivity (Wildman–Crippen MR) is 55.1 cm³/mol. The first-order valence-electron chi connectivity index (χ1n) is 1.48. The number of halogens is 3. The van der Waals surface area contributed by atoms with Crippen molar-refractivity contribution >= 4 is 74.1 Å². The maximum atomic E-state index is 9.68. The van der Waals surface area contributed by atoms with E-state index in [1.54, 1.807) is 0 Å². The zero-order valence-electron chi connectivity index (χ0n) is 3.25. The Morgan fingerprint density at radius 3 is 1.86 bits per heavy atom. The normalized spacial score (nSPS) is 11.3. The predicted octanol–water partition coefficient (Wildman–Crippen LogP) is 2.45. The van der Waals surface area contributed by atoms with Crippen molar-refractivity contribution in [3.8, 4) is 0 Å². The molecule has 0 bridgehead atoms. The summed E-state index contributed by atoms with van der Waals surface area (Å²) < 4.78 is 0.0367. The van der Waals surface area contributed by atoms with Crippen molar-refractivity contribution in [3.05, 3.63) is 0 Å². The van der Waals surface area contributed by atoms with E-state index >= 15 is 0 Å². The van der Waals surface area contributed by atoms with E-state index < -0.39 is 0 Å². The van der Waals surface area contributed by atoms with Gasteiger partial charge in [-0.1, -0.05) is 67.8 Å². The van der Waals surface area contributed by atoms with Crippen LogP contribution in [0.25, 0.3) is 0 Å². The number of hydrogen-bond acceptors (Lipinski definition) is 1. The van der Waals surface area contributed by atoms with Gasteiger partial charge in [0, 0.05) is 6.42 Å². The van der Waals surface area contributed by atoms with Crippen LogP contribution in [0.5, 0.6) is 0 Å². The molecule has 0 unspecified atom stereocenters. The molecule has 0 fully saturated rings. The Hall–Kier alpha value is 1.86. The Morgan fingerprint density at radius 2 is 1.86 bits per heavy atom. The van der Waals surface area contributed by atoms with Crippen molar-refractivity contribution < 1.29 is 4.79 Å². The highest BCUT2D eigenvalue weighted by atomic mass is 127. The Morgan fingerprint density at radius 1 is 1.43 bits per heavy atom. The van der Waals surface area contributed by atoms with E-state index in [2.05, 4.69) is 67.8 Å². The lowest BCUT2D eigenvalue weighted by Crippen LogP contribution is -1.97. The topological polar surface area (TPSA) is 17.1 Å². The van der Waals surface area contributed by atoms with Gasteiger partial charge in [0.25, 0.3) is 0 Å². The molecule has 0 aromatic rings. The average Bonchev–Trinajstić information content (AvgIpc) is 1.30. The number of rotatable bonds is 2. The van der Waals surface area contributed by atoms with Gasteiger partial charge in [0.2, 0.25) is 6.29 Å². The smallest absolute Gasteiger partial charge is 0.201 e. The molecule has 0 aromatic carbocycles. The maximum Gasteiger partial charge on any atom is 0.201 e. The zero-order chi connectivity index (χ0) is 5.91. The molecule has 0 rings (SSSR count). The van der Waals surface area contributed by atoms with Gasteiger partial charge in [-0.3, -0.25) is 4.79 Å². The fourth-order valence-corrected chi connectivity index (χ4v) is 0.549. The molecule has 0 N–H and O–H groups in total. The summed E-state index contributed by atoms with van der Waals surface area (Å²) in [6.45, 7) is 0. The number of alkyl halides is 3. The summed E-state index contributed by atoms with van der Waals surface area (Å²) >= 11 is 6.56. The summed E-state index contributed by atoms with van der Waals surface area (Å²) in [5.74, 6) is 0. The van der Waals surface area contributed by atoms with Crippen molar-refractivity contribution in [3.63, 3.8) is 0 Å². The molecular formula is C3H2I3O. The van der Waals surface area contributed by atoms with Gasteiger partial charge in [0.15, 0.2) is 0 Å². The molecule has 0 amide bonds. The Bertz CT molecular complexity index is 65.1. The molecule has 0 aromatic heterocycles. The molecule has 0 heterocycles. The minimum Gasteiger partial charge on any atom is -0.291 e. The minimum absolute atomic E-state index is 0.0367. The van der Waals surface area contributed by atoms with Crippen LogP contribution in [0.15, 0.2) is 0 Å². The van der Waals surface area contributed by atoms with Gasteiger partial charge in [0.1, 0.15) is -0.565 Å². The summed E-state index contributed by atoms with van der Waals surface area (Å²) in [5, 5.41) is 0. The lowest BCUT2D eigenvalue weighted by molar-refractivity contribution is 0.554. The maximum absolute atomic E-state index is 9.68. The second-order valence-electron chi connectivity index (χ2n) is 0.936. The third-order valence-corrected chi connectivity index (χ3v) is 1.42. The van der Waals surface area contributed by atoms with Crippen molar-refractivity contribution in [2.75, 3.05) is 0 Å². The van der Waals surface area contributed by atoms with Gasteiger partial charge >= 0.3 is 0 Å². The molecule has 4 heteroatoms. The standard InChI is InChI=1S/C3H2I3O/c4-3(5,6)1-2-7/h1H2. The van der Waals surface area contributed by atoms with Crippen molar-refractivity contribution in [2.24, 2.45) is 0 Å². The summed E-state index contributed by atoms with van der Waals surface area (Å²) in [4.78, 5) is 9.68. The second kappa shape index (κ2) is 3.80. The fraction of sp³-hybridized carbons (Fsp3) is 0.667. The molecule has 0 saturated carbocycles. The van der Waals surface area contributed by atoms with Crippen LogP contribution in [0.1, 0.15) is 6.42 Å². The Labute approximate surface area is 83.4 Å². The second-order valence-corrected chi connectivity index (χ2v) is 12.7. The van der Waals surface area contributed by atoms with Gasteiger partial charge in [-0.2, -0.15) is 0 Å². The first-order valence-corrected chi connectivity index (χ1v) is 4.71. The minimum atomic E-state index is 0.0367. The van der Waals surface area contributed by atoms with E-state index in [4.69, 9.17) is 0 Å². The average molecular weight is 435 g/mol. The summed E-state index contributed by atoms with van der Waals surface area (Å²) in [6.07, 6.45) is 2.33. The van der Waals surface area contributed by atoms with Crippen molar-refractivity contribution in [2.45, 2.75) is 5.86 Å². The first-order chi connectivity index (χ1) is 3.06. The number of hydrogen-bond donors (Lipinski definition) is 0. The summed E-state index contributed by atoms with van der Waals surface area (Å²) in [7, 11) is 0. The molecule has 0 aliphatic carbocycles. The van der Waals surface area contributed by atoms with Gasteiger partial charge in [0.05, 0.1) is 0 Å². The van der Waals surface area contributed by atoms with Crippen LogP contribution in [-0.4, -0.2) is 5.72 Å². The Kier molecular flexibility index (Phi) is 4.82. The highest BCUT2D eigenvalue weighted by Crippen LogP contribution is 2.37. The highest BCUT2D eigenvalue weighted by molar-refractivity contribution is 14.3. The van der Waals surface area contributed by atoms with Crippen LogP contribution in [0, 0.1) is 0 Å². The van der Waals surface area contributed by atoms with Gasteiger partial charge in [-0.05, 0) is 0 Å². The Balaban J connectivity index is 3.34. The zero-order valence-corrected chi connectivity index (χ0v) is 9.72. The molecule has 0 spiro atoms. The third-order valence-electron chi connectivity index (χ3n) is 0.273. The molecule has 7 heavy (non-hydrogen) atoms. The largest absolute Gasteiger partial charge is 0.291 e. The van der Waals surface area contributed by atoms with E-state index in [-0.39, 0.29) is -0.565 Å². The lowest BCUT2D eigenvalue weighted by Gasteiger charge is -2.03. The van der Waals surface area contributed by atoms with Crippen LogP contribution >= 0.6 is 67.8 Å². The summed E-state index contributed by atoms with van der Waals surface area (Å²) in [6, 6.07) is 0. The van der Waals surface area contributed by atoms with Gasteiger partial charge in [-0.25, -0.2) is 0 Å². The van der Waals surface area contributed by atoms with E-state index in [0.29, 0.717) is 6.42 Å². The van der Waals surface area contributed by atoms with E-state index in [9.17, 15) is 4.79 Å². The molecule has 1 nitrogen and oxygen atoms in total. The number of carbonyl (C=O) groups excluding carboxylic acids is 1. The molecule has 0 saturated heterocycles. The highest BCUT2D eigenvalue weighted by Gasteiger charge is 2.15. The SMILES string of the molecule is O=[C]CC(I)(I)I. The van der Waals surface area contributed by atoms with Crippen molar-refractivity contribution in [1.29, 1.82) is 0 Å². The first kappa shape index (κ1) is 8.86. The lowest BCUT2D eigenvalue weighted by atomic mass is 10.6. The molecule has 41 valence electrons. The van der Waals surface area contributed by atoms with Crippen molar-refractivity contribution in [1.82, 2.24) is 0 Å². The van der Waals surface area contributed by atoms with Crippen LogP contribution in [0.3, 0.4) is 0 Å².